The van der Waals surface area contributed by atoms with Crippen LogP contribution in [0.25, 0.3) is 0 Å². The Morgan fingerprint density at radius 2 is 2.33 bits per heavy atom. The van der Waals surface area contributed by atoms with Gasteiger partial charge < -0.3 is 5.32 Å². The molecular formula is C8H12F2N4O. The monoisotopic (exact) mass is 218 g/mol. The van der Waals surface area contributed by atoms with Crippen LogP contribution >= 0.6 is 0 Å². The molecule has 1 N–H and O–H groups in total. The van der Waals surface area contributed by atoms with Crippen molar-refractivity contribution in [1.82, 2.24) is 20.1 Å². The van der Waals surface area contributed by atoms with Crippen LogP contribution in [0.2, 0.25) is 0 Å². The van der Waals surface area contributed by atoms with Crippen LogP contribution in [0.4, 0.5) is 8.78 Å². The molecule has 0 fully saturated rings. The van der Waals surface area contributed by atoms with Gasteiger partial charge in [0, 0.05) is 6.92 Å². The van der Waals surface area contributed by atoms with E-state index in [9.17, 15) is 13.6 Å². The first kappa shape index (κ1) is 11.5. The van der Waals surface area contributed by atoms with E-state index in [0.717, 1.165) is 6.92 Å². The number of nitrogens with one attached hydrogen (secondary N) is 1. The molecule has 0 bridgehead atoms. The lowest BCUT2D eigenvalue weighted by atomic mass is 10.4. The van der Waals surface area contributed by atoms with Crippen LogP contribution in [-0.4, -0.2) is 33.1 Å². The molecule has 0 saturated heterocycles. The van der Waals surface area contributed by atoms with Gasteiger partial charge in [0.25, 0.3) is 5.92 Å². The first-order valence-electron chi connectivity index (χ1n) is 4.37. The second-order valence-electron chi connectivity index (χ2n) is 3.34. The molecule has 0 aliphatic carbocycles. The lowest BCUT2D eigenvalue weighted by Crippen LogP contribution is -2.36. The summed E-state index contributed by atoms with van der Waals surface area (Å²) in [6.45, 7) is 1.65. The predicted molar refractivity (Wildman–Crippen MR) is 48.4 cm³/mol. The number of nitrogens with zero attached hydrogens (tertiary/aromatic N) is 3. The van der Waals surface area contributed by atoms with Crippen molar-refractivity contribution in [2.45, 2.75) is 26.3 Å². The van der Waals surface area contributed by atoms with Crippen molar-refractivity contribution in [2.75, 3.05) is 6.54 Å². The Bertz CT molecular complexity index is 345. The van der Waals surface area contributed by atoms with E-state index >= 15 is 0 Å². The molecule has 15 heavy (non-hydrogen) atoms. The lowest BCUT2D eigenvalue weighted by molar-refractivity contribution is -0.123. The maximum absolute atomic E-state index is 12.4. The van der Waals surface area contributed by atoms with Crippen LogP contribution in [0.15, 0.2) is 6.33 Å². The van der Waals surface area contributed by atoms with Crippen molar-refractivity contribution in [3.05, 3.63) is 12.2 Å². The summed E-state index contributed by atoms with van der Waals surface area (Å²) in [5.74, 6) is -2.88. The number of hydrogen-bond acceptors (Lipinski definition) is 3. The van der Waals surface area contributed by atoms with Crippen LogP contribution in [0.5, 0.6) is 0 Å². The van der Waals surface area contributed by atoms with Crippen LogP contribution in [0, 0.1) is 6.92 Å². The largest absolute Gasteiger partial charge is 0.348 e. The second kappa shape index (κ2) is 4.33. The van der Waals surface area contributed by atoms with Crippen molar-refractivity contribution >= 4 is 5.91 Å². The third-order valence-corrected chi connectivity index (χ3v) is 1.55. The second-order valence-corrected chi connectivity index (χ2v) is 3.34. The number of hydrogen-bond donors (Lipinski definition) is 1. The minimum Gasteiger partial charge on any atom is -0.348 e. The van der Waals surface area contributed by atoms with E-state index < -0.39 is 18.4 Å². The highest BCUT2D eigenvalue weighted by atomic mass is 19.3. The molecule has 0 aliphatic heterocycles. The minimum atomic E-state index is -2.89. The molecule has 1 amide bonds. The Morgan fingerprint density at radius 3 is 2.80 bits per heavy atom. The molecule has 0 aliphatic rings. The molecule has 1 rings (SSSR count). The van der Waals surface area contributed by atoms with Crippen molar-refractivity contribution in [3.8, 4) is 0 Å². The molecular weight excluding hydrogens is 206 g/mol. The lowest BCUT2D eigenvalue weighted by Gasteiger charge is -2.10. The van der Waals surface area contributed by atoms with Gasteiger partial charge in [-0.3, -0.25) is 4.79 Å². The van der Waals surface area contributed by atoms with Crippen molar-refractivity contribution in [3.63, 3.8) is 0 Å². The summed E-state index contributed by atoms with van der Waals surface area (Å²) in [7, 11) is 0. The molecule has 1 aromatic heterocycles. The van der Waals surface area contributed by atoms with E-state index in [1.54, 1.807) is 6.92 Å². The molecule has 5 nitrogen and oxygen atoms in total. The van der Waals surface area contributed by atoms with E-state index in [0.29, 0.717) is 5.82 Å². The minimum absolute atomic E-state index is 0.100. The van der Waals surface area contributed by atoms with Crippen molar-refractivity contribution < 1.29 is 13.6 Å². The maximum Gasteiger partial charge on any atom is 0.262 e. The highest BCUT2D eigenvalue weighted by Gasteiger charge is 2.21. The molecule has 0 spiro atoms. The maximum atomic E-state index is 12.4. The van der Waals surface area contributed by atoms with Gasteiger partial charge in [-0.25, -0.2) is 18.4 Å². The highest BCUT2D eigenvalue weighted by molar-refractivity contribution is 5.75. The van der Waals surface area contributed by atoms with E-state index in [-0.39, 0.29) is 6.54 Å². The van der Waals surface area contributed by atoms with E-state index in [4.69, 9.17) is 0 Å². The topological polar surface area (TPSA) is 59.8 Å². The molecule has 1 heterocycles. The normalized spacial score (nSPS) is 11.5. The number of carbonyl (C=O) groups excluding carboxylic acids is 1. The number of rotatable bonds is 4. The SMILES string of the molecule is Cc1ncn(CC(=O)NCC(C)(F)F)n1. The summed E-state index contributed by atoms with van der Waals surface area (Å²) < 4.78 is 26.0. The molecule has 84 valence electrons. The fourth-order valence-corrected chi connectivity index (χ4v) is 0.921. The predicted octanol–water partition coefficient (Wildman–Crippen LogP) is 0.358. The molecule has 0 atom stereocenters. The summed E-state index contributed by atoms with van der Waals surface area (Å²) >= 11 is 0. The summed E-state index contributed by atoms with van der Waals surface area (Å²) in [5.41, 5.74) is 0. The van der Waals surface area contributed by atoms with E-state index in [2.05, 4.69) is 15.4 Å². The fourth-order valence-electron chi connectivity index (χ4n) is 0.921. The van der Waals surface area contributed by atoms with Crippen LogP contribution in [0.1, 0.15) is 12.7 Å². The first-order valence-corrected chi connectivity index (χ1v) is 4.37. The smallest absolute Gasteiger partial charge is 0.262 e. The zero-order valence-corrected chi connectivity index (χ0v) is 8.50. The number of amides is 1. The Labute approximate surface area is 85.5 Å². The highest BCUT2D eigenvalue weighted by Crippen LogP contribution is 2.08. The Kier molecular flexibility index (Phi) is 3.33. The van der Waals surface area contributed by atoms with Gasteiger partial charge in [0.15, 0.2) is 0 Å². The zero-order chi connectivity index (χ0) is 11.5. The summed E-state index contributed by atoms with van der Waals surface area (Å²) in [6, 6.07) is 0. The Morgan fingerprint density at radius 1 is 1.67 bits per heavy atom. The van der Waals surface area contributed by atoms with Gasteiger partial charge in [0.05, 0.1) is 6.54 Å². The van der Waals surface area contributed by atoms with Gasteiger partial charge in [0.1, 0.15) is 18.7 Å². The van der Waals surface area contributed by atoms with E-state index in [1.807, 2.05) is 0 Å². The quantitative estimate of drug-likeness (QED) is 0.793. The zero-order valence-electron chi connectivity index (χ0n) is 8.50. The molecule has 0 saturated carbocycles. The van der Waals surface area contributed by atoms with Gasteiger partial charge >= 0.3 is 0 Å². The average molecular weight is 218 g/mol. The van der Waals surface area contributed by atoms with Gasteiger partial charge in [-0.2, -0.15) is 5.10 Å². The number of aryl methyl sites for hydroxylation is 1. The molecule has 0 unspecified atom stereocenters. The molecule has 1 aromatic rings. The Hall–Kier alpha value is -1.53. The summed E-state index contributed by atoms with van der Waals surface area (Å²) in [6.07, 6.45) is 1.37. The van der Waals surface area contributed by atoms with E-state index in [1.165, 1.54) is 11.0 Å². The Balaban J connectivity index is 2.37. The third kappa shape index (κ3) is 4.48. The number of alkyl halides is 2. The van der Waals surface area contributed by atoms with Crippen molar-refractivity contribution in [2.24, 2.45) is 0 Å². The average Bonchev–Trinajstić information content (AvgIpc) is 2.47. The summed E-state index contributed by atoms with van der Waals surface area (Å²) in [5, 5.41) is 5.96. The van der Waals surface area contributed by atoms with Crippen molar-refractivity contribution in [1.29, 1.82) is 0 Å². The van der Waals surface area contributed by atoms with Gasteiger partial charge in [0.2, 0.25) is 5.91 Å². The standard InChI is InChI=1S/C8H12F2N4O/c1-6-12-5-14(13-6)3-7(15)11-4-8(2,9)10/h5H,3-4H2,1-2H3,(H,11,15). The molecule has 0 radical (unpaired) electrons. The summed E-state index contributed by atoms with van der Waals surface area (Å²) in [4.78, 5) is 14.9. The van der Waals surface area contributed by atoms with Gasteiger partial charge in [-0.1, -0.05) is 0 Å². The third-order valence-electron chi connectivity index (χ3n) is 1.55. The molecule has 0 aromatic carbocycles. The number of aromatic nitrogens is 3. The van der Waals surface area contributed by atoms with Gasteiger partial charge in [-0.05, 0) is 6.92 Å². The number of halogens is 2. The molecule has 7 heteroatoms. The van der Waals surface area contributed by atoms with Crippen LogP contribution in [0.3, 0.4) is 0 Å². The first-order chi connectivity index (χ1) is 6.87. The van der Waals surface area contributed by atoms with Crippen LogP contribution < -0.4 is 5.32 Å². The van der Waals surface area contributed by atoms with Gasteiger partial charge in [-0.15, -0.1) is 0 Å². The fraction of sp³-hybridized carbons (Fsp3) is 0.625. The number of carbonyl (C=O) groups is 1. The van der Waals surface area contributed by atoms with Crippen LogP contribution in [-0.2, 0) is 11.3 Å².